The van der Waals surface area contributed by atoms with Crippen molar-refractivity contribution in [2.24, 2.45) is 0 Å². The number of aryl methyl sites for hydroxylation is 2. The van der Waals surface area contributed by atoms with Crippen LogP contribution in [-0.4, -0.2) is 26.1 Å². The molecule has 0 aliphatic heterocycles. The van der Waals surface area contributed by atoms with Crippen LogP contribution in [-0.2, 0) is 0 Å². The molecule has 0 aromatic carbocycles. The van der Waals surface area contributed by atoms with E-state index in [4.69, 9.17) is 0 Å². The van der Waals surface area contributed by atoms with Crippen molar-refractivity contribution in [3.05, 3.63) is 28.8 Å². The van der Waals surface area contributed by atoms with Crippen LogP contribution in [0, 0.1) is 13.8 Å². The van der Waals surface area contributed by atoms with Gasteiger partial charge < -0.3 is 0 Å². The molecular weight excluding hydrogens is 226 g/mol. The first-order chi connectivity index (χ1) is 7.65. The minimum absolute atomic E-state index is 0.304. The third kappa shape index (κ3) is 2.37. The molecule has 0 spiro atoms. The van der Waals surface area contributed by atoms with Crippen LogP contribution in [0.15, 0.2) is 12.3 Å². The van der Waals surface area contributed by atoms with Gasteiger partial charge in [0.2, 0.25) is 5.13 Å². The van der Waals surface area contributed by atoms with Crippen LogP contribution in [0.5, 0.6) is 0 Å². The lowest BCUT2D eigenvalue weighted by molar-refractivity contribution is 0.102. The molecule has 0 aliphatic carbocycles. The van der Waals surface area contributed by atoms with E-state index in [2.05, 4.69) is 25.5 Å². The van der Waals surface area contributed by atoms with E-state index < -0.39 is 0 Å². The van der Waals surface area contributed by atoms with Gasteiger partial charge in [0, 0.05) is 6.20 Å². The van der Waals surface area contributed by atoms with Gasteiger partial charge in [0.05, 0.1) is 0 Å². The van der Waals surface area contributed by atoms with Crippen molar-refractivity contribution in [3.8, 4) is 0 Å². The minimum atomic E-state index is -0.304. The monoisotopic (exact) mass is 235 g/mol. The van der Waals surface area contributed by atoms with Gasteiger partial charge in [-0.1, -0.05) is 11.3 Å². The Labute approximate surface area is 95.8 Å². The number of hydrogen-bond donors (Lipinski definition) is 1. The number of rotatable bonds is 2. The predicted octanol–water partition coefficient (Wildman–Crippen LogP) is 1.20. The van der Waals surface area contributed by atoms with Gasteiger partial charge in [-0.2, -0.15) is 0 Å². The van der Waals surface area contributed by atoms with Gasteiger partial charge in [-0.3, -0.25) is 10.1 Å². The Hall–Kier alpha value is -1.89. The molecule has 16 heavy (non-hydrogen) atoms. The third-order valence-corrected chi connectivity index (χ3v) is 2.51. The zero-order valence-electron chi connectivity index (χ0n) is 8.76. The predicted molar refractivity (Wildman–Crippen MR) is 59.4 cm³/mol. The molecule has 2 rings (SSSR count). The van der Waals surface area contributed by atoms with E-state index in [1.165, 1.54) is 11.3 Å². The van der Waals surface area contributed by atoms with Crippen molar-refractivity contribution < 1.29 is 4.79 Å². The highest BCUT2D eigenvalue weighted by molar-refractivity contribution is 7.15. The Morgan fingerprint density at radius 1 is 1.38 bits per heavy atom. The molecule has 2 aromatic heterocycles. The Balaban J connectivity index is 2.14. The highest BCUT2D eigenvalue weighted by Gasteiger charge is 2.10. The lowest BCUT2D eigenvalue weighted by Gasteiger charge is -2.00. The number of carbonyl (C=O) groups excluding carboxylic acids is 1. The molecule has 0 bridgehead atoms. The summed E-state index contributed by atoms with van der Waals surface area (Å²) in [7, 11) is 0. The molecular formula is C9H9N5OS. The molecule has 0 fully saturated rings. The summed E-state index contributed by atoms with van der Waals surface area (Å²) < 4.78 is 0. The van der Waals surface area contributed by atoms with Crippen LogP contribution >= 0.6 is 11.3 Å². The highest BCUT2D eigenvalue weighted by Crippen LogP contribution is 2.14. The number of nitrogens with one attached hydrogen (secondary N) is 1. The highest BCUT2D eigenvalue weighted by atomic mass is 32.1. The number of nitrogens with zero attached hydrogens (tertiary/aromatic N) is 4. The smallest absolute Gasteiger partial charge is 0.276 e. The lowest BCUT2D eigenvalue weighted by Crippen LogP contribution is -2.14. The normalized spacial score (nSPS) is 10.1. The summed E-state index contributed by atoms with van der Waals surface area (Å²) in [6, 6.07) is 1.55. The van der Waals surface area contributed by atoms with Gasteiger partial charge >= 0.3 is 0 Å². The van der Waals surface area contributed by atoms with Gasteiger partial charge in [-0.15, -0.1) is 10.2 Å². The molecule has 0 unspecified atom stereocenters. The summed E-state index contributed by atoms with van der Waals surface area (Å²) in [6.07, 6.45) is 1.54. The summed E-state index contributed by atoms with van der Waals surface area (Å²) in [4.78, 5) is 19.6. The fraction of sp³-hybridized carbons (Fsp3) is 0.222. The Morgan fingerprint density at radius 3 is 2.81 bits per heavy atom. The molecule has 6 nitrogen and oxygen atoms in total. The van der Waals surface area contributed by atoms with Crippen molar-refractivity contribution in [2.75, 3.05) is 5.32 Å². The summed E-state index contributed by atoms with van der Waals surface area (Å²) in [5.74, 6) is 0.253. The SMILES string of the molecule is Cc1nccc(C(=O)Nc2nnc(C)s2)n1. The van der Waals surface area contributed by atoms with Crippen molar-refractivity contribution in [1.82, 2.24) is 20.2 Å². The van der Waals surface area contributed by atoms with Gasteiger partial charge in [0.25, 0.3) is 5.91 Å². The Kier molecular flexibility index (Phi) is 2.86. The second-order valence-electron chi connectivity index (χ2n) is 3.07. The summed E-state index contributed by atoms with van der Waals surface area (Å²) in [6.45, 7) is 3.55. The van der Waals surface area contributed by atoms with Crippen LogP contribution in [0.1, 0.15) is 21.3 Å². The molecule has 1 N–H and O–H groups in total. The standard InChI is InChI=1S/C9H9N5OS/c1-5-10-4-3-7(11-5)8(15)12-9-14-13-6(2)16-9/h3-4H,1-2H3,(H,12,14,15). The number of amides is 1. The zero-order chi connectivity index (χ0) is 11.5. The second kappa shape index (κ2) is 4.31. The minimum Gasteiger partial charge on any atom is -0.295 e. The molecule has 0 aliphatic rings. The van der Waals surface area contributed by atoms with Crippen molar-refractivity contribution in [2.45, 2.75) is 13.8 Å². The second-order valence-corrected chi connectivity index (χ2v) is 4.25. The van der Waals surface area contributed by atoms with Gasteiger partial charge in [0.15, 0.2) is 0 Å². The Bertz CT molecular complexity index is 524. The van der Waals surface area contributed by atoms with Crippen LogP contribution in [0.4, 0.5) is 5.13 Å². The lowest BCUT2D eigenvalue weighted by atomic mass is 10.4. The average Bonchev–Trinajstić information content (AvgIpc) is 2.64. The van der Waals surface area contributed by atoms with E-state index in [9.17, 15) is 4.79 Å². The van der Waals surface area contributed by atoms with Crippen LogP contribution < -0.4 is 5.32 Å². The number of carbonyl (C=O) groups is 1. The van der Waals surface area contributed by atoms with E-state index in [0.29, 0.717) is 16.6 Å². The number of aromatic nitrogens is 4. The van der Waals surface area contributed by atoms with Crippen LogP contribution in [0.25, 0.3) is 0 Å². The average molecular weight is 235 g/mol. The van der Waals surface area contributed by atoms with E-state index in [1.54, 1.807) is 19.2 Å². The summed E-state index contributed by atoms with van der Waals surface area (Å²) in [5.41, 5.74) is 0.320. The van der Waals surface area contributed by atoms with Gasteiger partial charge in [0.1, 0.15) is 16.5 Å². The first-order valence-electron chi connectivity index (χ1n) is 4.56. The maximum Gasteiger partial charge on any atom is 0.276 e. The molecule has 0 radical (unpaired) electrons. The first-order valence-corrected chi connectivity index (χ1v) is 5.38. The maximum atomic E-state index is 11.7. The van der Waals surface area contributed by atoms with Gasteiger partial charge in [-0.25, -0.2) is 9.97 Å². The topological polar surface area (TPSA) is 80.7 Å². The summed E-state index contributed by atoms with van der Waals surface area (Å²) in [5, 5.41) is 11.5. The van der Waals surface area contributed by atoms with Crippen LogP contribution in [0.3, 0.4) is 0 Å². The van der Waals surface area contributed by atoms with Gasteiger partial charge in [-0.05, 0) is 19.9 Å². The van der Waals surface area contributed by atoms with Crippen molar-refractivity contribution >= 4 is 22.4 Å². The molecule has 0 saturated carbocycles. The molecule has 0 saturated heterocycles. The molecule has 1 amide bonds. The summed E-state index contributed by atoms with van der Waals surface area (Å²) >= 11 is 1.32. The Morgan fingerprint density at radius 2 is 2.19 bits per heavy atom. The fourth-order valence-electron chi connectivity index (χ4n) is 1.09. The maximum absolute atomic E-state index is 11.7. The van der Waals surface area contributed by atoms with E-state index >= 15 is 0 Å². The van der Waals surface area contributed by atoms with E-state index in [0.717, 1.165) is 5.01 Å². The zero-order valence-corrected chi connectivity index (χ0v) is 9.58. The first kappa shape index (κ1) is 10.6. The third-order valence-electron chi connectivity index (χ3n) is 1.76. The molecule has 82 valence electrons. The largest absolute Gasteiger partial charge is 0.295 e. The van der Waals surface area contributed by atoms with Crippen molar-refractivity contribution in [1.29, 1.82) is 0 Å². The number of hydrogen-bond acceptors (Lipinski definition) is 6. The molecule has 2 aromatic rings. The van der Waals surface area contributed by atoms with E-state index in [1.807, 2.05) is 6.92 Å². The molecule has 2 heterocycles. The molecule has 7 heteroatoms. The molecule has 0 atom stereocenters. The van der Waals surface area contributed by atoms with Crippen molar-refractivity contribution in [3.63, 3.8) is 0 Å². The van der Waals surface area contributed by atoms with E-state index in [-0.39, 0.29) is 5.91 Å². The fourth-order valence-corrected chi connectivity index (χ4v) is 1.68. The number of anilines is 1. The quantitative estimate of drug-likeness (QED) is 0.845. The van der Waals surface area contributed by atoms with Crippen LogP contribution in [0.2, 0.25) is 0 Å².